The number of sulfonamides is 1. The van der Waals surface area contributed by atoms with Gasteiger partial charge in [-0.2, -0.15) is 0 Å². The number of anilines is 1. The highest BCUT2D eigenvalue weighted by atomic mass is 35.5. The number of nitrogens with zero attached hydrogens (tertiary/aromatic N) is 2. The van der Waals surface area contributed by atoms with Crippen LogP contribution in [0.3, 0.4) is 0 Å². The van der Waals surface area contributed by atoms with Crippen molar-refractivity contribution >= 4 is 50.7 Å². The van der Waals surface area contributed by atoms with Gasteiger partial charge >= 0.3 is 0 Å². The zero-order valence-corrected chi connectivity index (χ0v) is 28.6. The topological polar surface area (TPSA) is 86.8 Å². The first-order valence-electron chi connectivity index (χ1n) is 15.8. The summed E-state index contributed by atoms with van der Waals surface area (Å²) in [4.78, 5) is 30.4. The minimum Gasteiger partial charge on any atom is -0.352 e. The molecular weight excluding hydrogens is 653 g/mol. The van der Waals surface area contributed by atoms with Gasteiger partial charge in [0.05, 0.1) is 10.6 Å². The lowest BCUT2D eigenvalue weighted by Gasteiger charge is -2.35. The average molecular weight is 693 g/mol. The number of amides is 2. The molecule has 4 aromatic carbocycles. The van der Waals surface area contributed by atoms with Gasteiger partial charge in [0.2, 0.25) is 11.8 Å². The number of nitrogens with one attached hydrogen (secondary N) is 1. The Morgan fingerprint density at radius 1 is 0.809 bits per heavy atom. The summed E-state index contributed by atoms with van der Waals surface area (Å²) in [7, 11) is -4.22. The lowest BCUT2D eigenvalue weighted by molar-refractivity contribution is -0.140. The van der Waals surface area contributed by atoms with Crippen LogP contribution in [-0.2, 0) is 32.6 Å². The van der Waals surface area contributed by atoms with Crippen LogP contribution in [0.1, 0.15) is 48.8 Å². The molecule has 7 nitrogen and oxygen atoms in total. The number of rotatable bonds is 12. The molecule has 0 unspecified atom stereocenters. The van der Waals surface area contributed by atoms with Gasteiger partial charge in [0, 0.05) is 29.1 Å². The van der Waals surface area contributed by atoms with E-state index in [0.717, 1.165) is 47.5 Å². The Morgan fingerprint density at radius 2 is 1.47 bits per heavy atom. The predicted molar refractivity (Wildman–Crippen MR) is 188 cm³/mol. The van der Waals surface area contributed by atoms with Gasteiger partial charge in [0.15, 0.2) is 0 Å². The normalized spacial score (nSPS) is 14.3. The van der Waals surface area contributed by atoms with Gasteiger partial charge in [0.1, 0.15) is 12.6 Å². The molecule has 246 valence electrons. The van der Waals surface area contributed by atoms with E-state index < -0.39 is 28.5 Å². The SMILES string of the molecule is Cc1ccccc1N(CC(=O)N(Cc1cccc(Cl)c1)[C@@H](Cc1ccccc1)C(=O)NC1CCCCC1)S(=O)(=O)c1ccc(Cl)cc1. The van der Waals surface area contributed by atoms with E-state index in [2.05, 4.69) is 5.32 Å². The Labute approximate surface area is 287 Å². The van der Waals surface area contributed by atoms with E-state index in [1.165, 1.54) is 29.2 Å². The highest BCUT2D eigenvalue weighted by Gasteiger charge is 2.35. The van der Waals surface area contributed by atoms with Gasteiger partial charge in [-0.3, -0.25) is 13.9 Å². The summed E-state index contributed by atoms with van der Waals surface area (Å²) >= 11 is 12.4. The van der Waals surface area contributed by atoms with Crippen LogP contribution in [0, 0.1) is 6.92 Å². The van der Waals surface area contributed by atoms with Crippen LogP contribution in [0.25, 0.3) is 0 Å². The summed E-state index contributed by atoms with van der Waals surface area (Å²) in [6, 6.07) is 28.6. The summed E-state index contributed by atoms with van der Waals surface area (Å²) in [5, 5.41) is 4.11. The van der Waals surface area contributed by atoms with Crippen molar-refractivity contribution in [2.75, 3.05) is 10.8 Å². The Morgan fingerprint density at radius 3 is 2.15 bits per heavy atom. The molecule has 0 saturated heterocycles. The Kier molecular flexibility index (Phi) is 11.6. The van der Waals surface area contributed by atoms with Crippen molar-refractivity contribution in [3.05, 3.63) is 130 Å². The minimum absolute atomic E-state index is 0.00442. The number of benzene rings is 4. The van der Waals surface area contributed by atoms with Crippen molar-refractivity contribution in [3.63, 3.8) is 0 Å². The van der Waals surface area contributed by atoms with E-state index in [1.807, 2.05) is 42.5 Å². The summed E-state index contributed by atoms with van der Waals surface area (Å²) < 4.78 is 29.6. The molecule has 0 aliphatic heterocycles. The average Bonchev–Trinajstić information content (AvgIpc) is 3.06. The maximum Gasteiger partial charge on any atom is 0.264 e. The number of hydrogen-bond donors (Lipinski definition) is 1. The van der Waals surface area contributed by atoms with Crippen LogP contribution >= 0.6 is 23.2 Å². The molecule has 10 heteroatoms. The fourth-order valence-electron chi connectivity index (χ4n) is 6.02. The molecule has 2 amide bonds. The largest absolute Gasteiger partial charge is 0.352 e. The first kappa shape index (κ1) is 34.5. The maximum absolute atomic E-state index is 14.7. The van der Waals surface area contributed by atoms with Crippen LogP contribution in [-0.4, -0.2) is 43.8 Å². The second-order valence-corrected chi connectivity index (χ2v) is 14.7. The molecule has 0 bridgehead atoms. The van der Waals surface area contributed by atoms with Crippen LogP contribution in [0.4, 0.5) is 5.69 Å². The third kappa shape index (κ3) is 8.95. The highest BCUT2D eigenvalue weighted by molar-refractivity contribution is 7.92. The summed E-state index contributed by atoms with van der Waals surface area (Å²) in [6.45, 7) is 1.32. The zero-order valence-electron chi connectivity index (χ0n) is 26.3. The number of carbonyl (C=O) groups is 2. The van der Waals surface area contributed by atoms with Crippen LogP contribution in [0.5, 0.6) is 0 Å². The molecule has 0 radical (unpaired) electrons. The van der Waals surface area contributed by atoms with E-state index in [-0.39, 0.29) is 29.8 Å². The molecule has 47 heavy (non-hydrogen) atoms. The Balaban J connectivity index is 1.57. The maximum atomic E-state index is 14.7. The second kappa shape index (κ2) is 15.8. The summed E-state index contributed by atoms with van der Waals surface area (Å²) in [5.74, 6) is -0.787. The standard InChI is InChI=1S/C37H39Cl2N3O4S/c1-27-11-8-9-18-34(27)42(47(45,46)33-21-19-30(38)20-22-33)26-36(43)41(25-29-14-10-15-31(39)23-29)35(24-28-12-4-2-5-13-28)37(44)40-32-16-6-3-7-17-32/h2,4-5,8-15,18-23,32,35H,3,6-7,16-17,24-26H2,1H3,(H,40,44)/t35-/m0/s1. The number of para-hydroxylation sites is 1. The van der Waals surface area contributed by atoms with Crippen LogP contribution in [0.2, 0.25) is 10.0 Å². The second-order valence-electron chi connectivity index (χ2n) is 12.0. The van der Waals surface area contributed by atoms with Crippen molar-refractivity contribution in [1.29, 1.82) is 0 Å². The van der Waals surface area contributed by atoms with Gasteiger partial charge in [-0.25, -0.2) is 8.42 Å². The smallest absolute Gasteiger partial charge is 0.264 e. The molecule has 0 aromatic heterocycles. The molecule has 1 aliphatic rings. The monoisotopic (exact) mass is 691 g/mol. The molecule has 1 saturated carbocycles. The highest BCUT2D eigenvalue weighted by Crippen LogP contribution is 2.29. The van der Waals surface area contributed by atoms with Gasteiger partial charge in [0.25, 0.3) is 10.0 Å². The van der Waals surface area contributed by atoms with Crippen molar-refractivity contribution in [2.45, 2.75) is 69.0 Å². The fraction of sp³-hybridized carbons (Fsp3) is 0.297. The van der Waals surface area contributed by atoms with Gasteiger partial charge < -0.3 is 10.2 Å². The predicted octanol–water partition coefficient (Wildman–Crippen LogP) is 7.59. The van der Waals surface area contributed by atoms with Gasteiger partial charge in [-0.1, -0.05) is 103 Å². The van der Waals surface area contributed by atoms with E-state index >= 15 is 0 Å². The third-order valence-electron chi connectivity index (χ3n) is 8.53. The first-order valence-corrected chi connectivity index (χ1v) is 18.0. The lowest BCUT2D eigenvalue weighted by atomic mass is 9.94. The van der Waals surface area contributed by atoms with E-state index in [1.54, 1.807) is 43.3 Å². The molecule has 5 rings (SSSR count). The molecule has 0 heterocycles. The molecule has 1 aliphatic carbocycles. The molecule has 1 atom stereocenters. The molecule has 4 aromatic rings. The zero-order chi connectivity index (χ0) is 33.4. The number of aryl methyl sites for hydroxylation is 1. The Hall–Kier alpha value is -3.85. The third-order valence-corrected chi connectivity index (χ3v) is 10.8. The molecular formula is C37H39Cl2N3O4S. The number of halogens is 2. The summed E-state index contributed by atoms with van der Waals surface area (Å²) in [6.07, 6.45) is 5.22. The van der Waals surface area contributed by atoms with Crippen molar-refractivity contribution < 1.29 is 18.0 Å². The van der Waals surface area contributed by atoms with Crippen molar-refractivity contribution in [1.82, 2.24) is 10.2 Å². The quantitative estimate of drug-likeness (QED) is 0.166. The Bertz CT molecular complexity index is 1780. The lowest BCUT2D eigenvalue weighted by Crippen LogP contribution is -2.55. The molecule has 0 spiro atoms. The molecule has 1 fully saturated rings. The van der Waals surface area contributed by atoms with E-state index in [4.69, 9.17) is 23.2 Å². The number of hydrogen-bond acceptors (Lipinski definition) is 4. The number of carbonyl (C=O) groups excluding carboxylic acids is 2. The van der Waals surface area contributed by atoms with E-state index in [0.29, 0.717) is 21.3 Å². The fourth-order valence-corrected chi connectivity index (χ4v) is 7.84. The van der Waals surface area contributed by atoms with Gasteiger partial charge in [-0.05, 0) is 78.9 Å². The van der Waals surface area contributed by atoms with E-state index in [9.17, 15) is 18.0 Å². The minimum atomic E-state index is -4.22. The van der Waals surface area contributed by atoms with Gasteiger partial charge in [-0.15, -0.1) is 0 Å². The molecule has 1 N–H and O–H groups in total. The van der Waals surface area contributed by atoms with Crippen LogP contribution < -0.4 is 9.62 Å². The summed E-state index contributed by atoms with van der Waals surface area (Å²) in [5.41, 5.74) is 2.64. The van der Waals surface area contributed by atoms with Crippen LogP contribution in [0.15, 0.2) is 108 Å². The van der Waals surface area contributed by atoms with Crippen molar-refractivity contribution in [2.24, 2.45) is 0 Å². The first-order chi connectivity index (χ1) is 22.6. The van der Waals surface area contributed by atoms with Crippen molar-refractivity contribution in [3.8, 4) is 0 Å².